The predicted molar refractivity (Wildman–Crippen MR) is 72.1 cm³/mol. The molecule has 1 aromatic heterocycles. The van der Waals surface area contributed by atoms with Crippen LogP contribution in [0.25, 0.3) is 0 Å². The molecule has 6 heteroatoms. The molecular weight excluding hydrogens is 258 g/mol. The summed E-state index contributed by atoms with van der Waals surface area (Å²) in [4.78, 5) is 18.8. The molecule has 2 aliphatic heterocycles. The zero-order valence-electron chi connectivity index (χ0n) is 12.0. The number of carbonyl (C=O) groups excluding carboxylic acids is 1. The number of fused-ring (bicyclic) bond motifs is 1. The molecular formula is C14H21N3O3. The second-order valence-electron chi connectivity index (χ2n) is 5.51. The molecule has 3 rings (SSSR count). The van der Waals surface area contributed by atoms with Crippen LogP contribution in [0.4, 0.5) is 0 Å². The molecule has 1 fully saturated rings. The van der Waals surface area contributed by atoms with Crippen molar-refractivity contribution in [3.63, 3.8) is 0 Å². The molecule has 1 atom stereocenters. The molecule has 1 aromatic rings. The number of imidazole rings is 1. The highest BCUT2D eigenvalue weighted by Gasteiger charge is 2.38. The minimum absolute atomic E-state index is 0.159. The number of carbonyl (C=O) groups is 1. The van der Waals surface area contributed by atoms with Crippen molar-refractivity contribution in [2.24, 2.45) is 7.05 Å². The zero-order chi connectivity index (χ0) is 14.1. The molecule has 6 nitrogen and oxygen atoms in total. The first kappa shape index (κ1) is 13.6. The van der Waals surface area contributed by atoms with Crippen LogP contribution in [0.5, 0.6) is 0 Å². The number of aryl methyl sites for hydroxylation is 1. The Morgan fingerprint density at radius 2 is 2.20 bits per heavy atom. The van der Waals surface area contributed by atoms with E-state index in [0.29, 0.717) is 12.5 Å². The number of rotatable bonds is 2. The molecule has 20 heavy (non-hydrogen) atoms. The van der Waals surface area contributed by atoms with E-state index in [4.69, 9.17) is 9.47 Å². The highest BCUT2D eigenvalue weighted by molar-refractivity contribution is 5.76. The molecule has 0 unspecified atom stereocenters. The molecule has 0 N–H and O–H groups in total. The Balaban J connectivity index is 1.88. The first-order chi connectivity index (χ1) is 9.70. The van der Waals surface area contributed by atoms with Crippen molar-refractivity contribution < 1.29 is 14.3 Å². The van der Waals surface area contributed by atoms with E-state index in [1.54, 1.807) is 0 Å². The van der Waals surface area contributed by atoms with Gasteiger partial charge in [-0.3, -0.25) is 9.69 Å². The minimum atomic E-state index is -0.217. The number of aromatic nitrogens is 2. The van der Waals surface area contributed by atoms with Crippen molar-refractivity contribution >= 4 is 5.97 Å². The van der Waals surface area contributed by atoms with Gasteiger partial charge in [-0.05, 0) is 12.8 Å². The van der Waals surface area contributed by atoms with E-state index >= 15 is 0 Å². The van der Waals surface area contributed by atoms with E-state index in [1.807, 2.05) is 13.4 Å². The Labute approximate surface area is 118 Å². The van der Waals surface area contributed by atoms with Crippen LogP contribution < -0.4 is 0 Å². The van der Waals surface area contributed by atoms with E-state index < -0.39 is 0 Å². The third-order valence-electron chi connectivity index (χ3n) is 4.40. The smallest absolute Gasteiger partial charge is 0.323 e. The summed E-state index contributed by atoms with van der Waals surface area (Å²) in [5.74, 6) is -0.159. The summed E-state index contributed by atoms with van der Waals surface area (Å²) in [5, 5.41) is 0. The first-order valence-electron chi connectivity index (χ1n) is 7.11. The Kier molecular flexibility index (Phi) is 3.76. The maximum atomic E-state index is 12.1. The maximum Gasteiger partial charge on any atom is 0.323 e. The Morgan fingerprint density at radius 3 is 2.90 bits per heavy atom. The second-order valence-corrected chi connectivity index (χ2v) is 5.51. The van der Waals surface area contributed by atoms with Crippen molar-refractivity contribution in [2.75, 3.05) is 20.3 Å². The van der Waals surface area contributed by atoms with Gasteiger partial charge >= 0.3 is 5.97 Å². The minimum Gasteiger partial charge on any atom is -0.468 e. The molecule has 110 valence electrons. The molecule has 0 bridgehead atoms. The van der Waals surface area contributed by atoms with Gasteiger partial charge in [0, 0.05) is 39.3 Å². The number of nitrogens with zero attached hydrogens (tertiary/aromatic N) is 3. The third kappa shape index (κ3) is 2.33. The van der Waals surface area contributed by atoms with Crippen LogP contribution >= 0.6 is 0 Å². The standard InChI is InChI=1S/C14H21N3O3/c1-16-9-15-11-7-12(14(18)19-2)17(8-13(11)16)10-3-5-20-6-4-10/h9-10,12H,3-8H2,1-2H3/t12-/m0/s1. The fourth-order valence-electron chi connectivity index (χ4n) is 3.22. The maximum absolute atomic E-state index is 12.1. The van der Waals surface area contributed by atoms with Crippen LogP contribution in [0, 0.1) is 0 Å². The summed E-state index contributed by atoms with van der Waals surface area (Å²) >= 11 is 0. The van der Waals surface area contributed by atoms with E-state index in [0.717, 1.165) is 38.3 Å². The van der Waals surface area contributed by atoms with Gasteiger partial charge in [-0.25, -0.2) is 4.98 Å². The second kappa shape index (κ2) is 5.54. The summed E-state index contributed by atoms with van der Waals surface area (Å²) in [5.41, 5.74) is 2.22. The van der Waals surface area contributed by atoms with E-state index in [2.05, 4.69) is 14.5 Å². The van der Waals surface area contributed by atoms with Gasteiger partial charge in [-0.15, -0.1) is 0 Å². The van der Waals surface area contributed by atoms with Crippen LogP contribution in [-0.2, 0) is 34.3 Å². The van der Waals surface area contributed by atoms with Crippen molar-refractivity contribution in [1.82, 2.24) is 14.5 Å². The normalized spacial score (nSPS) is 24.4. The molecule has 3 heterocycles. The van der Waals surface area contributed by atoms with Crippen LogP contribution in [0.3, 0.4) is 0 Å². The van der Waals surface area contributed by atoms with Gasteiger partial charge in [-0.1, -0.05) is 0 Å². The topological polar surface area (TPSA) is 56.6 Å². The lowest BCUT2D eigenvalue weighted by Gasteiger charge is -2.40. The number of hydrogen-bond acceptors (Lipinski definition) is 5. The van der Waals surface area contributed by atoms with E-state index in [1.165, 1.54) is 12.8 Å². The quantitative estimate of drug-likeness (QED) is 0.738. The lowest BCUT2D eigenvalue weighted by atomic mass is 9.97. The molecule has 1 saturated heterocycles. The summed E-state index contributed by atoms with van der Waals surface area (Å²) < 4.78 is 12.5. The molecule has 2 aliphatic rings. The Hall–Kier alpha value is -1.40. The highest BCUT2D eigenvalue weighted by Crippen LogP contribution is 2.28. The van der Waals surface area contributed by atoms with Crippen LogP contribution in [0.2, 0.25) is 0 Å². The average molecular weight is 279 g/mol. The molecule has 0 spiro atoms. The van der Waals surface area contributed by atoms with Gasteiger partial charge in [0.25, 0.3) is 0 Å². The third-order valence-corrected chi connectivity index (χ3v) is 4.40. The number of methoxy groups -OCH3 is 1. The fraction of sp³-hybridized carbons (Fsp3) is 0.714. The van der Waals surface area contributed by atoms with Crippen molar-refractivity contribution in [2.45, 2.75) is 37.9 Å². The summed E-state index contributed by atoms with van der Waals surface area (Å²) in [6.45, 7) is 2.30. The predicted octanol–water partition coefficient (Wildman–Crippen LogP) is 0.499. The van der Waals surface area contributed by atoms with Crippen molar-refractivity contribution in [3.8, 4) is 0 Å². The largest absolute Gasteiger partial charge is 0.468 e. The van der Waals surface area contributed by atoms with Crippen molar-refractivity contribution in [3.05, 3.63) is 17.7 Å². The van der Waals surface area contributed by atoms with Crippen LogP contribution in [0.15, 0.2) is 6.33 Å². The van der Waals surface area contributed by atoms with Crippen molar-refractivity contribution in [1.29, 1.82) is 0 Å². The monoisotopic (exact) mass is 279 g/mol. The van der Waals surface area contributed by atoms with Gasteiger partial charge in [0.1, 0.15) is 6.04 Å². The molecule has 0 aromatic carbocycles. The van der Waals surface area contributed by atoms with Gasteiger partial charge in [0.2, 0.25) is 0 Å². The molecule has 0 amide bonds. The number of esters is 1. The zero-order valence-corrected chi connectivity index (χ0v) is 12.0. The Morgan fingerprint density at radius 1 is 1.45 bits per heavy atom. The summed E-state index contributed by atoms with van der Waals surface area (Å²) in [6, 6.07) is 0.168. The first-order valence-corrected chi connectivity index (χ1v) is 7.11. The lowest BCUT2D eigenvalue weighted by Crippen LogP contribution is -2.52. The average Bonchev–Trinajstić information content (AvgIpc) is 2.87. The van der Waals surface area contributed by atoms with Gasteiger partial charge in [0.05, 0.1) is 24.8 Å². The summed E-state index contributed by atoms with van der Waals surface area (Å²) in [6.07, 6.45) is 4.41. The summed E-state index contributed by atoms with van der Waals surface area (Å²) in [7, 11) is 3.46. The Bertz CT molecular complexity index is 494. The van der Waals surface area contributed by atoms with E-state index in [9.17, 15) is 4.79 Å². The van der Waals surface area contributed by atoms with Gasteiger partial charge < -0.3 is 14.0 Å². The van der Waals surface area contributed by atoms with Gasteiger partial charge in [-0.2, -0.15) is 0 Å². The van der Waals surface area contributed by atoms with E-state index in [-0.39, 0.29) is 12.0 Å². The molecule has 0 saturated carbocycles. The molecule has 0 aliphatic carbocycles. The van der Waals surface area contributed by atoms with Crippen LogP contribution in [0.1, 0.15) is 24.2 Å². The SMILES string of the molecule is COC(=O)[C@@H]1Cc2ncn(C)c2CN1C1CCOCC1. The number of ether oxygens (including phenoxy) is 2. The fourth-order valence-corrected chi connectivity index (χ4v) is 3.22. The van der Waals surface area contributed by atoms with Crippen LogP contribution in [-0.4, -0.2) is 52.8 Å². The lowest BCUT2D eigenvalue weighted by molar-refractivity contribution is -0.150. The number of hydrogen-bond donors (Lipinski definition) is 0. The van der Waals surface area contributed by atoms with Gasteiger partial charge in [0.15, 0.2) is 0 Å². The highest BCUT2D eigenvalue weighted by atomic mass is 16.5. The molecule has 0 radical (unpaired) electrons.